The van der Waals surface area contributed by atoms with E-state index in [4.69, 9.17) is 9.39 Å². The Morgan fingerprint density at radius 3 is 2.65 bits per heavy atom. The maximum absolute atomic E-state index is 10.3. The van der Waals surface area contributed by atoms with Gasteiger partial charge in [-0.2, -0.15) is 0 Å². The highest BCUT2D eigenvalue weighted by Gasteiger charge is 2.41. The number of hydrogen-bond acceptors (Lipinski definition) is 4. The fourth-order valence-electron chi connectivity index (χ4n) is 3.40. The Balaban J connectivity index is 1.66. The highest BCUT2D eigenvalue weighted by Crippen LogP contribution is 2.45. The van der Waals surface area contributed by atoms with Crippen LogP contribution in [0, 0.1) is 0 Å². The van der Waals surface area contributed by atoms with Crippen LogP contribution in [0.2, 0.25) is 0 Å². The first-order valence-corrected chi connectivity index (χ1v) is 9.06. The average molecular weight is 349 g/mol. The standard InChI is InChI=1S/C21H24BNO3/c1-20(2,24)21(3,4)26-22-19-17-15-10-9-13-7-5-6-8-14(13)18(15)25-16(17)11-12-23-19/h5-12,16-17,22,24H,1-4H3. The molecule has 4 rings (SSSR count). The summed E-state index contributed by atoms with van der Waals surface area (Å²) in [6, 6.07) is 12.5. The van der Waals surface area contributed by atoms with Crippen molar-refractivity contribution < 1.29 is 14.5 Å². The fourth-order valence-corrected chi connectivity index (χ4v) is 3.40. The third-order valence-corrected chi connectivity index (χ3v) is 5.76. The van der Waals surface area contributed by atoms with Crippen molar-refractivity contribution in [1.82, 2.24) is 0 Å². The number of nitrogens with zero attached hydrogens (tertiary/aromatic N) is 1. The van der Waals surface area contributed by atoms with Crippen molar-refractivity contribution in [3.8, 4) is 5.75 Å². The maximum Gasteiger partial charge on any atom is 0.325 e. The minimum absolute atomic E-state index is 0.0530. The van der Waals surface area contributed by atoms with Crippen LogP contribution >= 0.6 is 0 Å². The Morgan fingerprint density at radius 2 is 1.88 bits per heavy atom. The molecule has 2 atom stereocenters. The molecule has 0 aromatic heterocycles. The van der Waals surface area contributed by atoms with Gasteiger partial charge in [-0.1, -0.05) is 36.4 Å². The molecule has 0 saturated carbocycles. The lowest BCUT2D eigenvalue weighted by Crippen LogP contribution is -2.49. The minimum Gasteiger partial charge on any atom is -0.484 e. The Hall–Kier alpha value is -2.11. The topological polar surface area (TPSA) is 51.0 Å². The van der Waals surface area contributed by atoms with Crippen LogP contribution < -0.4 is 4.74 Å². The maximum atomic E-state index is 10.3. The largest absolute Gasteiger partial charge is 0.484 e. The van der Waals surface area contributed by atoms with Crippen LogP contribution in [0.3, 0.4) is 0 Å². The molecule has 134 valence electrons. The van der Waals surface area contributed by atoms with E-state index >= 15 is 0 Å². The summed E-state index contributed by atoms with van der Waals surface area (Å²) in [6.07, 6.45) is 3.74. The van der Waals surface area contributed by atoms with Gasteiger partial charge in [0.2, 0.25) is 0 Å². The lowest BCUT2D eigenvalue weighted by molar-refractivity contribution is -0.0890. The molecule has 2 aliphatic rings. The SMILES string of the molecule is CC(C)(O)C(C)(C)OBC1=NC=CC2Oc3c(ccc4ccccc34)C12. The number of benzene rings is 2. The number of hydrogen-bond donors (Lipinski definition) is 1. The number of fused-ring (bicyclic) bond motifs is 5. The molecule has 0 amide bonds. The van der Waals surface area contributed by atoms with E-state index in [0.29, 0.717) is 7.48 Å². The van der Waals surface area contributed by atoms with Crippen molar-refractivity contribution in [2.75, 3.05) is 0 Å². The number of ether oxygens (including phenoxy) is 1. The summed E-state index contributed by atoms with van der Waals surface area (Å²) in [6.45, 7) is 7.32. The molecular formula is C21H24BNO3. The third kappa shape index (κ3) is 2.76. The van der Waals surface area contributed by atoms with Crippen molar-refractivity contribution >= 4 is 23.9 Å². The van der Waals surface area contributed by atoms with Crippen LogP contribution in [0.15, 0.2) is 53.7 Å². The molecule has 26 heavy (non-hydrogen) atoms. The zero-order chi connectivity index (χ0) is 18.5. The highest BCUT2D eigenvalue weighted by molar-refractivity contribution is 6.72. The van der Waals surface area contributed by atoms with E-state index in [1.54, 1.807) is 20.0 Å². The highest BCUT2D eigenvalue weighted by atomic mass is 16.5. The summed E-state index contributed by atoms with van der Waals surface area (Å²) in [7, 11) is 0.359. The van der Waals surface area contributed by atoms with Gasteiger partial charge in [-0.05, 0) is 39.2 Å². The average Bonchev–Trinajstić information content (AvgIpc) is 2.98. The monoisotopic (exact) mass is 349 g/mol. The van der Waals surface area contributed by atoms with Gasteiger partial charge in [0.25, 0.3) is 0 Å². The summed E-state index contributed by atoms with van der Waals surface area (Å²) in [4.78, 5) is 4.59. The molecule has 0 radical (unpaired) electrons. The van der Waals surface area contributed by atoms with Crippen LogP contribution in [0.5, 0.6) is 5.75 Å². The Bertz CT molecular complexity index is 911. The molecule has 4 nitrogen and oxygen atoms in total. The summed E-state index contributed by atoms with van der Waals surface area (Å²) < 4.78 is 12.4. The van der Waals surface area contributed by atoms with Crippen LogP contribution in [-0.2, 0) is 4.65 Å². The Morgan fingerprint density at radius 1 is 1.12 bits per heavy atom. The molecule has 0 saturated heterocycles. The molecule has 0 fully saturated rings. The van der Waals surface area contributed by atoms with Crippen LogP contribution in [-0.4, -0.2) is 35.5 Å². The fraction of sp³-hybridized carbons (Fsp3) is 0.381. The van der Waals surface area contributed by atoms with Gasteiger partial charge in [0.15, 0.2) is 0 Å². The van der Waals surface area contributed by atoms with Gasteiger partial charge in [-0.15, -0.1) is 0 Å². The van der Waals surface area contributed by atoms with Crippen molar-refractivity contribution in [2.24, 2.45) is 4.99 Å². The minimum atomic E-state index is -0.947. The molecule has 2 unspecified atom stereocenters. The molecule has 2 aromatic rings. The van der Waals surface area contributed by atoms with Crippen molar-refractivity contribution in [2.45, 2.75) is 50.9 Å². The summed E-state index contributed by atoms with van der Waals surface area (Å²) in [5.41, 5.74) is 0.459. The zero-order valence-electron chi connectivity index (χ0n) is 15.7. The van der Waals surface area contributed by atoms with E-state index in [1.807, 2.05) is 32.1 Å². The van der Waals surface area contributed by atoms with Crippen molar-refractivity contribution in [1.29, 1.82) is 0 Å². The van der Waals surface area contributed by atoms with Gasteiger partial charge >= 0.3 is 7.48 Å². The number of aliphatic imine (C=N–C) groups is 1. The molecule has 2 aliphatic heterocycles. The predicted molar refractivity (Wildman–Crippen MR) is 106 cm³/mol. The molecule has 0 spiro atoms. The molecule has 0 aliphatic carbocycles. The van der Waals surface area contributed by atoms with E-state index in [9.17, 15) is 5.11 Å². The predicted octanol–water partition coefficient (Wildman–Crippen LogP) is 3.53. The van der Waals surface area contributed by atoms with Gasteiger partial charge in [0.1, 0.15) is 11.9 Å². The smallest absolute Gasteiger partial charge is 0.325 e. The van der Waals surface area contributed by atoms with Gasteiger partial charge in [0, 0.05) is 22.8 Å². The zero-order valence-corrected chi connectivity index (χ0v) is 15.7. The molecule has 2 aromatic carbocycles. The normalized spacial score (nSPS) is 21.8. The summed E-state index contributed by atoms with van der Waals surface area (Å²) in [5, 5.41) is 12.6. The van der Waals surface area contributed by atoms with Crippen LogP contribution in [0.4, 0.5) is 0 Å². The molecule has 5 heteroatoms. The third-order valence-electron chi connectivity index (χ3n) is 5.76. The van der Waals surface area contributed by atoms with Gasteiger partial charge < -0.3 is 14.5 Å². The quantitative estimate of drug-likeness (QED) is 0.860. The molecular weight excluding hydrogens is 325 g/mol. The second kappa shape index (κ2) is 5.97. The lowest BCUT2D eigenvalue weighted by atomic mass is 9.73. The second-order valence-electron chi connectivity index (χ2n) is 8.09. The Labute approximate surface area is 154 Å². The second-order valence-corrected chi connectivity index (χ2v) is 8.09. The van der Waals surface area contributed by atoms with Crippen molar-refractivity contribution in [3.63, 3.8) is 0 Å². The first kappa shape index (κ1) is 17.3. The lowest BCUT2D eigenvalue weighted by Gasteiger charge is -2.38. The van der Waals surface area contributed by atoms with E-state index in [2.05, 4.69) is 29.3 Å². The molecule has 0 bridgehead atoms. The van der Waals surface area contributed by atoms with E-state index in [1.165, 1.54) is 5.39 Å². The summed E-state index contributed by atoms with van der Waals surface area (Å²) >= 11 is 0. The first-order chi connectivity index (χ1) is 12.3. The molecule has 2 heterocycles. The summed E-state index contributed by atoms with van der Waals surface area (Å²) in [5.74, 6) is 0.997. The van der Waals surface area contributed by atoms with Crippen molar-refractivity contribution in [3.05, 3.63) is 54.2 Å². The number of aliphatic hydroxyl groups is 1. The Kier molecular flexibility index (Phi) is 3.97. The van der Waals surface area contributed by atoms with E-state index in [0.717, 1.165) is 22.3 Å². The molecule has 1 N–H and O–H groups in total. The van der Waals surface area contributed by atoms with E-state index < -0.39 is 11.2 Å². The van der Waals surface area contributed by atoms with Gasteiger partial charge in [0.05, 0.1) is 17.1 Å². The van der Waals surface area contributed by atoms with Gasteiger partial charge in [-0.25, -0.2) is 0 Å². The van der Waals surface area contributed by atoms with Crippen LogP contribution in [0.1, 0.15) is 39.2 Å². The first-order valence-electron chi connectivity index (χ1n) is 9.06. The number of rotatable bonds is 4. The van der Waals surface area contributed by atoms with E-state index in [-0.39, 0.29) is 12.0 Å². The van der Waals surface area contributed by atoms with Crippen LogP contribution in [0.25, 0.3) is 10.8 Å². The van der Waals surface area contributed by atoms with Gasteiger partial charge in [-0.3, -0.25) is 4.99 Å².